The summed E-state index contributed by atoms with van der Waals surface area (Å²) in [4.78, 5) is 14.5. The predicted molar refractivity (Wildman–Crippen MR) is 111 cm³/mol. The van der Waals surface area contributed by atoms with Crippen LogP contribution in [0.15, 0.2) is 30.3 Å². The molecule has 156 valence electrons. The van der Waals surface area contributed by atoms with E-state index in [0.717, 1.165) is 11.1 Å². The predicted octanol–water partition coefficient (Wildman–Crippen LogP) is 3.50. The zero-order valence-corrected chi connectivity index (χ0v) is 18.0. The summed E-state index contributed by atoms with van der Waals surface area (Å²) in [6.45, 7) is 0.439. The number of thioether (sulfide) groups is 1. The molecule has 1 aliphatic heterocycles. The molecule has 0 spiro atoms. The van der Waals surface area contributed by atoms with Crippen molar-refractivity contribution in [3.63, 3.8) is 0 Å². The molecular weight excluding hydrogens is 394 g/mol. The summed E-state index contributed by atoms with van der Waals surface area (Å²) in [7, 11) is 7.92. The Kier molecular flexibility index (Phi) is 6.64. The highest BCUT2D eigenvalue weighted by Crippen LogP contribution is 2.49. The molecule has 0 aromatic heterocycles. The van der Waals surface area contributed by atoms with Crippen LogP contribution in [0.1, 0.15) is 16.5 Å². The van der Waals surface area contributed by atoms with Gasteiger partial charge in [0.25, 0.3) is 0 Å². The summed E-state index contributed by atoms with van der Waals surface area (Å²) in [5.41, 5.74) is 1.81. The Bertz CT molecular complexity index is 888. The van der Waals surface area contributed by atoms with Crippen molar-refractivity contribution in [3.8, 4) is 28.7 Å². The quantitative estimate of drug-likeness (QED) is 0.649. The Hall–Kier alpha value is -2.74. The molecule has 8 heteroatoms. The number of benzene rings is 2. The maximum atomic E-state index is 12.7. The van der Waals surface area contributed by atoms with Gasteiger partial charge in [0, 0.05) is 12.1 Å². The van der Waals surface area contributed by atoms with Crippen molar-refractivity contribution in [2.24, 2.45) is 0 Å². The van der Waals surface area contributed by atoms with E-state index in [9.17, 15) is 4.79 Å². The second-order valence-electron chi connectivity index (χ2n) is 6.30. The number of methoxy groups -OCH3 is 5. The molecule has 7 nitrogen and oxygen atoms in total. The van der Waals surface area contributed by atoms with Crippen molar-refractivity contribution < 1.29 is 28.5 Å². The second kappa shape index (κ2) is 9.17. The fourth-order valence-corrected chi connectivity index (χ4v) is 4.58. The third-order valence-corrected chi connectivity index (χ3v) is 6.01. The van der Waals surface area contributed by atoms with E-state index >= 15 is 0 Å². The van der Waals surface area contributed by atoms with Crippen LogP contribution in [0.5, 0.6) is 28.7 Å². The van der Waals surface area contributed by atoms with Crippen LogP contribution < -0.4 is 23.7 Å². The first-order valence-electron chi connectivity index (χ1n) is 8.98. The van der Waals surface area contributed by atoms with E-state index in [1.165, 1.54) is 0 Å². The smallest absolute Gasteiger partial charge is 0.234 e. The molecule has 0 bridgehead atoms. The van der Waals surface area contributed by atoms with Crippen molar-refractivity contribution in [1.29, 1.82) is 0 Å². The standard InChI is InChI=1S/C21H25NO6S/c1-24-15-8-6-13(10-17(15)26-3)11-22-18(23)12-29-21(22)14-7-9-16(25-2)20(28-5)19(14)27-4/h6-10,21H,11-12H2,1-5H3. The molecule has 1 aliphatic rings. The summed E-state index contributed by atoms with van der Waals surface area (Å²) in [5.74, 6) is 3.39. The molecule has 1 heterocycles. The molecule has 2 aromatic rings. The molecule has 1 unspecified atom stereocenters. The highest BCUT2D eigenvalue weighted by atomic mass is 32.2. The lowest BCUT2D eigenvalue weighted by atomic mass is 10.1. The molecule has 1 fully saturated rings. The molecule has 29 heavy (non-hydrogen) atoms. The third-order valence-electron chi connectivity index (χ3n) is 4.77. The minimum absolute atomic E-state index is 0.0617. The SMILES string of the molecule is COc1ccc(CN2C(=O)CSC2c2ccc(OC)c(OC)c2OC)cc1OC. The second-order valence-corrected chi connectivity index (χ2v) is 7.37. The van der Waals surface area contributed by atoms with Gasteiger partial charge in [-0.25, -0.2) is 0 Å². The number of carbonyl (C=O) groups is 1. The zero-order valence-electron chi connectivity index (χ0n) is 17.2. The lowest BCUT2D eigenvalue weighted by Crippen LogP contribution is -2.28. The van der Waals surface area contributed by atoms with E-state index in [2.05, 4.69) is 0 Å². The number of amides is 1. The van der Waals surface area contributed by atoms with Crippen LogP contribution in [0, 0.1) is 0 Å². The van der Waals surface area contributed by atoms with Crippen LogP contribution in [0.2, 0.25) is 0 Å². The molecule has 0 aliphatic carbocycles. The summed E-state index contributed by atoms with van der Waals surface area (Å²) < 4.78 is 27.2. The Balaban J connectivity index is 1.96. The van der Waals surface area contributed by atoms with Crippen LogP contribution in [-0.2, 0) is 11.3 Å². The monoisotopic (exact) mass is 419 g/mol. The van der Waals surface area contributed by atoms with Crippen molar-refractivity contribution in [1.82, 2.24) is 4.90 Å². The van der Waals surface area contributed by atoms with E-state index in [1.807, 2.05) is 35.2 Å². The van der Waals surface area contributed by atoms with Gasteiger partial charge in [-0.1, -0.05) is 6.07 Å². The van der Waals surface area contributed by atoms with Gasteiger partial charge in [0.1, 0.15) is 5.37 Å². The highest BCUT2D eigenvalue weighted by molar-refractivity contribution is 8.00. The van der Waals surface area contributed by atoms with E-state index in [4.69, 9.17) is 23.7 Å². The Morgan fingerprint density at radius 1 is 0.862 bits per heavy atom. The Labute approximate surface area is 174 Å². The molecule has 1 saturated heterocycles. The van der Waals surface area contributed by atoms with Crippen LogP contribution in [-0.4, -0.2) is 52.1 Å². The molecule has 1 amide bonds. The molecule has 1 atom stereocenters. The summed E-state index contributed by atoms with van der Waals surface area (Å²) in [6, 6.07) is 9.40. The molecular formula is C21H25NO6S. The minimum Gasteiger partial charge on any atom is -0.493 e. The van der Waals surface area contributed by atoms with Gasteiger partial charge in [-0.15, -0.1) is 11.8 Å². The number of hydrogen-bond acceptors (Lipinski definition) is 7. The zero-order chi connectivity index (χ0) is 21.0. The van der Waals surface area contributed by atoms with Gasteiger partial charge in [-0.3, -0.25) is 4.79 Å². The number of rotatable bonds is 8. The Morgan fingerprint density at radius 3 is 2.14 bits per heavy atom. The fourth-order valence-electron chi connectivity index (χ4n) is 3.38. The molecule has 0 N–H and O–H groups in total. The average Bonchev–Trinajstić information content (AvgIpc) is 3.12. The first-order chi connectivity index (χ1) is 14.1. The largest absolute Gasteiger partial charge is 0.493 e. The summed E-state index contributed by atoms with van der Waals surface area (Å²) in [5, 5.41) is -0.203. The van der Waals surface area contributed by atoms with Crippen molar-refractivity contribution in [2.45, 2.75) is 11.9 Å². The normalized spacial score (nSPS) is 16.0. The van der Waals surface area contributed by atoms with Crippen molar-refractivity contribution in [3.05, 3.63) is 41.5 Å². The fraction of sp³-hybridized carbons (Fsp3) is 0.381. The third kappa shape index (κ3) is 4.03. The number of hydrogen-bond donors (Lipinski definition) is 0. The number of ether oxygens (including phenoxy) is 5. The van der Waals surface area contributed by atoms with E-state index in [1.54, 1.807) is 47.3 Å². The van der Waals surface area contributed by atoms with Gasteiger partial charge >= 0.3 is 0 Å². The lowest BCUT2D eigenvalue weighted by Gasteiger charge is -2.27. The van der Waals surface area contributed by atoms with Gasteiger partial charge in [0.2, 0.25) is 11.7 Å². The topological polar surface area (TPSA) is 66.5 Å². The van der Waals surface area contributed by atoms with Crippen LogP contribution in [0.25, 0.3) is 0 Å². The van der Waals surface area contributed by atoms with Crippen LogP contribution in [0.4, 0.5) is 0 Å². The molecule has 2 aromatic carbocycles. The highest BCUT2D eigenvalue weighted by Gasteiger charge is 2.36. The van der Waals surface area contributed by atoms with Gasteiger partial charge < -0.3 is 28.6 Å². The Morgan fingerprint density at radius 2 is 1.52 bits per heavy atom. The van der Waals surface area contributed by atoms with Crippen molar-refractivity contribution >= 4 is 17.7 Å². The summed E-state index contributed by atoms with van der Waals surface area (Å²) in [6.07, 6.45) is 0. The lowest BCUT2D eigenvalue weighted by molar-refractivity contribution is -0.128. The van der Waals surface area contributed by atoms with Crippen LogP contribution >= 0.6 is 11.8 Å². The molecule has 0 saturated carbocycles. The van der Waals surface area contributed by atoms with Crippen molar-refractivity contribution in [2.75, 3.05) is 41.3 Å². The van der Waals surface area contributed by atoms with Crippen LogP contribution in [0.3, 0.4) is 0 Å². The number of nitrogens with zero attached hydrogens (tertiary/aromatic N) is 1. The van der Waals surface area contributed by atoms with E-state index < -0.39 is 0 Å². The average molecular weight is 419 g/mol. The first-order valence-corrected chi connectivity index (χ1v) is 10.0. The van der Waals surface area contributed by atoms with E-state index in [0.29, 0.717) is 41.0 Å². The van der Waals surface area contributed by atoms with Gasteiger partial charge in [-0.05, 0) is 29.8 Å². The summed E-state index contributed by atoms with van der Waals surface area (Å²) >= 11 is 1.55. The maximum Gasteiger partial charge on any atom is 0.234 e. The molecule has 0 radical (unpaired) electrons. The van der Waals surface area contributed by atoms with Gasteiger partial charge in [0.05, 0.1) is 41.3 Å². The number of carbonyl (C=O) groups excluding carboxylic acids is 1. The van der Waals surface area contributed by atoms with E-state index in [-0.39, 0.29) is 11.3 Å². The minimum atomic E-state index is -0.203. The first kappa shape index (κ1) is 21.0. The van der Waals surface area contributed by atoms with Gasteiger partial charge in [-0.2, -0.15) is 0 Å². The maximum absolute atomic E-state index is 12.7. The van der Waals surface area contributed by atoms with Gasteiger partial charge in [0.15, 0.2) is 23.0 Å². The molecule has 3 rings (SSSR count).